The minimum Gasteiger partial charge on any atom is -0.342 e. The molecule has 0 bridgehead atoms. The van der Waals surface area contributed by atoms with Crippen molar-refractivity contribution in [2.45, 2.75) is 32.1 Å². The van der Waals surface area contributed by atoms with Crippen molar-refractivity contribution in [1.29, 1.82) is 0 Å². The first kappa shape index (κ1) is 19.3. The first-order valence-electron chi connectivity index (χ1n) is 8.56. The third-order valence-electron chi connectivity index (χ3n) is 4.16. The summed E-state index contributed by atoms with van der Waals surface area (Å²) in [6, 6.07) is 6.81. The van der Waals surface area contributed by atoms with Crippen molar-refractivity contribution in [1.82, 2.24) is 14.2 Å². The molecule has 2 rings (SSSR count). The molecule has 0 unspecified atom stereocenters. The molecule has 1 aromatic carbocycles. The predicted octanol–water partition coefficient (Wildman–Crippen LogP) is 2.50. The Balaban J connectivity index is 2.43. The predicted molar refractivity (Wildman–Crippen MR) is 98.7 cm³/mol. The second kappa shape index (κ2) is 8.40. The molecule has 0 radical (unpaired) electrons. The molecule has 25 heavy (non-hydrogen) atoms. The van der Waals surface area contributed by atoms with Gasteiger partial charge in [-0.15, -0.1) is 0 Å². The van der Waals surface area contributed by atoms with Gasteiger partial charge in [-0.2, -0.15) is 4.31 Å². The van der Waals surface area contributed by atoms with E-state index in [2.05, 4.69) is 4.98 Å². The van der Waals surface area contributed by atoms with Gasteiger partial charge in [0.25, 0.3) is 0 Å². The van der Waals surface area contributed by atoms with Crippen LogP contribution in [0.25, 0.3) is 10.8 Å². The molecule has 6 nitrogen and oxygen atoms in total. The zero-order chi connectivity index (χ0) is 18.4. The van der Waals surface area contributed by atoms with Gasteiger partial charge in [0, 0.05) is 42.8 Å². The minimum atomic E-state index is -3.78. The third-order valence-corrected chi connectivity index (χ3v) is 6.06. The monoisotopic (exact) mass is 363 g/mol. The molecular weight excluding hydrogens is 338 g/mol. The van der Waals surface area contributed by atoms with Crippen molar-refractivity contribution < 1.29 is 13.2 Å². The molecule has 2 aromatic rings. The largest absolute Gasteiger partial charge is 0.342 e. The highest BCUT2D eigenvalue weighted by molar-refractivity contribution is 7.89. The quantitative estimate of drug-likeness (QED) is 0.722. The maximum atomic E-state index is 13.2. The first-order chi connectivity index (χ1) is 12.0. The van der Waals surface area contributed by atoms with Gasteiger partial charge < -0.3 is 4.90 Å². The molecule has 0 spiro atoms. The molecule has 1 amide bonds. The number of amides is 1. The van der Waals surface area contributed by atoms with Crippen LogP contribution in [0.4, 0.5) is 0 Å². The summed E-state index contributed by atoms with van der Waals surface area (Å²) in [5.74, 6) is -0.177. The number of carbonyl (C=O) groups is 1. The van der Waals surface area contributed by atoms with Crippen LogP contribution in [-0.4, -0.2) is 54.7 Å². The van der Waals surface area contributed by atoms with Gasteiger partial charge >= 0.3 is 0 Å². The molecule has 0 N–H and O–H groups in total. The Bertz CT molecular complexity index is 827. The summed E-state index contributed by atoms with van der Waals surface area (Å²) in [5, 5.41) is 1.38. The highest BCUT2D eigenvalue weighted by Gasteiger charge is 2.28. The number of nitrogens with zero attached hydrogens (tertiary/aromatic N) is 3. The molecule has 0 aliphatic heterocycles. The summed E-state index contributed by atoms with van der Waals surface area (Å²) >= 11 is 0. The van der Waals surface area contributed by atoms with E-state index in [9.17, 15) is 13.2 Å². The number of rotatable bonds is 8. The molecule has 0 fully saturated rings. The Kier molecular flexibility index (Phi) is 6.50. The van der Waals surface area contributed by atoms with Crippen LogP contribution in [0.15, 0.2) is 41.6 Å². The smallest absolute Gasteiger partial charge is 0.244 e. The first-order valence-corrected chi connectivity index (χ1v) is 10.00. The van der Waals surface area contributed by atoms with Crippen molar-refractivity contribution in [2.24, 2.45) is 0 Å². The molecule has 0 saturated heterocycles. The summed E-state index contributed by atoms with van der Waals surface area (Å²) in [6.07, 6.45) is 3.85. The van der Waals surface area contributed by atoms with Gasteiger partial charge in [0.15, 0.2) is 0 Å². The normalized spacial score (nSPS) is 11.8. The summed E-state index contributed by atoms with van der Waals surface area (Å²) in [4.78, 5) is 18.3. The fourth-order valence-electron chi connectivity index (χ4n) is 2.82. The van der Waals surface area contributed by atoms with E-state index in [1.807, 2.05) is 26.8 Å². The van der Waals surface area contributed by atoms with Crippen LogP contribution in [-0.2, 0) is 14.8 Å². The number of fused-ring (bicyclic) bond motifs is 1. The number of hydrogen-bond donors (Lipinski definition) is 0. The maximum absolute atomic E-state index is 13.2. The molecule has 1 aromatic heterocycles. The van der Waals surface area contributed by atoms with Crippen molar-refractivity contribution in [3.05, 3.63) is 36.7 Å². The van der Waals surface area contributed by atoms with Gasteiger partial charge in [-0.1, -0.05) is 19.1 Å². The Morgan fingerprint density at radius 3 is 2.48 bits per heavy atom. The fourth-order valence-corrected chi connectivity index (χ4v) is 4.51. The highest BCUT2D eigenvalue weighted by atomic mass is 32.2. The number of aromatic nitrogens is 1. The van der Waals surface area contributed by atoms with E-state index in [0.717, 1.165) is 5.39 Å². The van der Waals surface area contributed by atoms with E-state index in [0.29, 0.717) is 31.4 Å². The Labute approximate surface area is 149 Å². The number of sulfonamides is 1. The van der Waals surface area contributed by atoms with Gasteiger partial charge in [0.1, 0.15) is 0 Å². The number of hydrogen-bond acceptors (Lipinski definition) is 4. The number of carbonyl (C=O) groups excluding carboxylic acids is 1. The van der Waals surface area contributed by atoms with Gasteiger partial charge in [0.05, 0.1) is 11.4 Å². The standard InChI is InChI=1S/C18H25N3O3S/c1-4-12-21(14-18(22)20(5-2)6-3)25(23,24)17-9-7-8-15-13-19-11-10-16(15)17/h7-11,13H,4-6,12,14H2,1-3H3. The average Bonchev–Trinajstić information content (AvgIpc) is 2.61. The average molecular weight is 363 g/mol. The molecule has 0 saturated carbocycles. The van der Waals surface area contributed by atoms with E-state index >= 15 is 0 Å². The molecule has 1 heterocycles. The Hall–Kier alpha value is -1.99. The molecule has 0 aliphatic rings. The van der Waals surface area contributed by atoms with E-state index < -0.39 is 10.0 Å². The zero-order valence-corrected chi connectivity index (χ0v) is 15.8. The molecular formula is C18H25N3O3S. The van der Waals surface area contributed by atoms with Crippen molar-refractivity contribution >= 4 is 26.7 Å². The lowest BCUT2D eigenvalue weighted by atomic mass is 10.2. The third kappa shape index (κ3) is 4.16. The number of likely N-dealkylation sites (N-methyl/N-ethyl adjacent to an activating group) is 1. The zero-order valence-electron chi connectivity index (χ0n) is 15.0. The van der Waals surface area contributed by atoms with Gasteiger partial charge in [0.2, 0.25) is 15.9 Å². The molecule has 136 valence electrons. The number of benzene rings is 1. The van der Waals surface area contributed by atoms with E-state index in [1.165, 1.54) is 4.31 Å². The maximum Gasteiger partial charge on any atom is 0.244 e. The van der Waals surface area contributed by atoms with Crippen LogP contribution in [0, 0.1) is 0 Å². The van der Waals surface area contributed by atoms with E-state index in [-0.39, 0.29) is 17.3 Å². The van der Waals surface area contributed by atoms with E-state index in [1.54, 1.807) is 35.5 Å². The summed E-state index contributed by atoms with van der Waals surface area (Å²) in [5.41, 5.74) is 0. The van der Waals surface area contributed by atoms with Crippen LogP contribution in [0.1, 0.15) is 27.2 Å². The second-order valence-corrected chi connectivity index (χ2v) is 7.66. The summed E-state index contributed by atoms with van der Waals surface area (Å²) < 4.78 is 27.7. The van der Waals surface area contributed by atoms with E-state index in [4.69, 9.17) is 0 Å². The van der Waals surface area contributed by atoms with Crippen LogP contribution in [0.3, 0.4) is 0 Å². The van der Waals surface area contributed by atoms with Crippen LogP contribution < -0.4 is 0 Å². The molecule has 0 aliphatic carbocycles. The Morgan fingerprint density at radius 2 is 1.84 bits per heavy atom. The molecule has 7 heteroatoms. The van der Waals surface area contributed by atoms with Crippen LogP contribution in [0.5, 0.6) is 0 Å². The van der Waals surface area contributed by atoms with Crippen LogP contribution in [0.2, 0.25) is 0 Å². The SMILES string of the molecule is CCCN(CC(=O)N(CC)CC)S(=O)(=O)c1cccc2cnccc12. The lowest BCUT2D eigenvalue weighted by molar-refractivity contribution is -0.131. The van der Waals surface area contributed by atoms with Crippen molar-refractivity contribution in [2.75, 3.05) is 26.2 Å². The van der Waals surface area contributed by atoms with Gasteiger partial charge in [-0.3, -0.25) is 9.78 Å². The van der Waals surface area contributed by atoms with Crippen molar-refractivity contribution in [3.63, 3.8) is 0 Å². The summed E-state index contributed by atoms with van der Waals surface area (Å²) in [6.45, 7) is 6.97. The second-order valence-electron chi connectivity index (χ2n) is 5.76. The fraction of sp³-hybridized carbons (Fsp3) is 0.444. The summed E-state index contributed by atoms with van der Waals surface area (Å²) in [7, 11) is -3.78. The van der Waals surface area contributed by atoms with Gasteiger partial charge in [-0.25, -0.2) is 8.42 Å². The lowest BCUT2D eigenvalue weighted by Crippen LogP contribution is -2.43. The number of pyridine rings is 1. The topological polar surface area (TPSA) is 70.6 Å². The Morgan fingerprint density at radius 1 is 1.12 bits per heavy atom. The minimum absolute atomic E-state index is 0.140. The lowest BCUT2D eigenvalue weighted by Gasteiger charge is -2.25. The van der Waals surface area contributed by atoms with Gasteiger partial charge in [-0.05, 0) is 32.4 Å². The van der Waals surface area contributed by atoms with Crippen molar-refractivity contribution in [3.8, 4) is 0 Å². The molecule has 0 atom stereocenters. The highest BCUT2D eigenvalue weighted by Crippen LogP contribution is 2.25. The van der Waals surface area contributed by atoms with Crippen LogP contribution >= 0.6 is 0 Å².